The SMILES string of the molecule is CC1CCc2onc(-c3nnc(-c4cccc(C(F)(F)F)c4)o3)c2C1. The van der Waals surface area contributed by atoms with Crippen LogP contribution in [0.3, 0.4) is 0 Å². The molecule has 0 amide bonds. The van der Waals surface area contributed by atoms with E-state index in [1.54, 1.807) is 0 Å². The average Bonchev–Trinajstić information content (AvgIpc) is 3.20. The molecular weight excluding hydrogens is 335 g/mol. The van der Waals surface area contributed by atoms with Gasteiger partial charge in [0.25, 0.3) is 5.89 Å². The van der Waals surface area contributed by atoms with Crippen LogP contribution in [0.25, 0.3) is 23.0 Å². The molecule has 0 N–H and O–H groups in total. The second kappa shape index (κ2) is 5.72. The number of nitrogens with zero attached hydrogens (tertiary/aromatic N) is 3. The van der Waals surface area contributed by atoms with Crippen LogP contribution in [-0.4, -0.2) is 15.4 Å². The fraction of sp³-hybridized carbons (Fsp3) is 0.353. The molecule has 1 aliphatic carbocycles. The van der Waals surface area contributed by atoms with Crippen LogP contribution in [0.4, 0.5) is 13.2 Å². The van der Waals surface area contributed by atoms with Crippen LogP contribution >= 0.6 is 0 Å². The lowest BCUT2D eigenvalue weighted by atomic mass is 9.88. The molecule has 1 aliphatic rings. The highest BCUT2D eigenvalue weighted by Gasteiger charge is 2.31. The third-order valence-electron chi connectivity index (χ3n) is 4.35. The third-order valence-corrected chi connectivity index (χ3v) is 4.35. The van der Waals surface area contributed by atoms with Crippen LogP contribution in [0.1, 0.15) is 30.2 Å². The molecule has 0 spiro atoms. The highest BCUT2D eigenvalue weighted by atomic mass is 19.4. The van der Waals surface area contributed by atoms with Gasteiger partial charge >= 0.3 is 6.18 Å². The Bertz CT molecular complexity index is 914. The second-order valence-corrected chi connectivity index (χ2v) is 6.27. The molecule has 0 bridgehead atoms. The Labute approximate surface area is 140 Å². The quantitative estimate of drug-likeness (QED) is 0.680. The maximum atomic E-state index is 12.8. The van der Waals surface area contributed by atoms with Gasteiger partial charge in [0.1, 0.15) is 5.76 Å². The molecule has 0 fully saturated rings. The molecule has 25 heavy (non-hydrogen) atoms. The summed E-state index contributed by atoms with van der Waals surface area (Å²) in [6.07, 6.45) is -1.80. The fourth-order valence-electron chi connectivity index (χ4n) is 3.01. The minimum atomic E-state index is -4.43. The summed E-state index contributed by atoms with van der Waals surface area (Å²) in [5.74, 6) is 1.48. The topological polar surface area (TPSA) is 65.0 Å². The summed E-state index contributed by atoms with van der Waals surface area (Å²) >= 11 is 0. The Morgan fingerprint density at radius 3 is 2.76 bits per heavy atom. The van der Waals surface area contributed by atoms with Crippen molar-refractivity contribution in [2.75, 3.05) is 0 Å². The smallest absolute Gasteiger partial charge is 0.414 e. The van der Waals surface area contributed by atoms with Crippen molar-refractivity contribution in [2.45, 2.75) is 32.4 Å². The molecule has 1 aromatic carbocycles. The van der Waals surface area contributed by atoms with Gasteiger partial charge in [-0.25, -0.2) is 0 Å². The Morgan fingerprint density at radius 2 is 1.96 bits per heavy atom. The van der Waals surface area contributed by atoms with Gasteiger partial charge in [-0.2, -0.15) is 13.2 Å². The zero-order valence-electron chi connectivity index (χ0n) is 13.3. The lowest BCUT2D eigenvalue weighted by Gasteiger charge is -2.15. The lowest BCUT2D eigenvalue weighted by Crippen LogP contribution is -2.09. The number of aromatic nitrogens is 3. The predicted octanol–water partition coefficient (Wildman–Crippen LogP) is 4.54. The minimum Gasteiger partial charge on any atom is -0.414 e. The van der Waals surface area contributed by atoms with Crippen molar-refractivity contribution in [1.82, 2.24) is 15.4 Å². The summed E-state index contributed by atoms with van der Waals surface area (Å²) in [7, 11) is 0. The number of hydrogen-bond donors (Lipinski definition) is 0. The second-order valence-electron chi connectivity index (χ2n) is 6.27. The molecule has 0 aliphatic heterocycles. The van der Waals surface area contributed by atoms with Crippen molar-refractivity contribution in [1.29, 1.82) is 0 Å². The number of benzene rings is 1. The lowest BCUT2D eigenvalue weighted by molar-refractivity contribution is -0.137. The first-order valence-electron chi connectivity index (χ1n) is 7.91. The summed E-state index contributed by atoms with van der Waals surface area (Å²) in [6.45, 7) is 2.14. The van der Waals surface area contributed by atoms with Crippen LogP contribution < -0.4 is 0 Å². The van der Waals surface area contributed by atoms with E-state index in [0.717, 1.165) is 42.7 Å². The average molecular weight is 349 g/mol. The van der Waals surface area contributed by atoms with Crippen molar-refractivity contribution in [3.05, 3.63) is 41.2 Å². The highest BCUT2D eigenvalue weighted by molar-refractivity contribution is 5.59. The van der Waals surface area contributed by atoms with Crippen LogP contribution in [0.5, 0.6) is 0 Å². The van der Waals surface area contributed by atoms with Gasteiger partial charge in [-0.15, -0.1) is 10.2 Å². The van der Waals surface area contributed by atoms with Crippen molar-refractivity contribution >= 4 is 0 Å². The van der Waals surface area contributed by atoms with Gasteiger partial charge < -0.3 is 8.94 Å². The van der Waals surface area contributed by atoms with E-state index in [1.165, 1.54) is 12.1 Å². The van der Waals surface area contributed by atoms with Gasteiger partial charge in [0.05, 0.1) is 5.56 Å². The van der Waals surface area contributed by atoms with E-state index in [9.17, 15) is 13.2 Å². The van der Waals surface area contributed by atoms with E-state index in [4.69, 9.17) is 8.94 Å². The Kier molecular flexibility index (Phi) is 3.63. The normalized spacial score (nSPS) is 17.5. The summed E-state index contributed by atoms with van der Waals surface area (Å²) in [5.41, 5.74) is 0.863. The molecule has 2 aromatic heterocycles. The molecule has 5 nitrogen and oxygen atoms in total. The van der Waals surface area contributed by atoms with Gasteiger partial charge in [0, 0.05) is 17.5 Å². The molecule has 1 unspecified atom stereocenters. The fourth-order valence-corrected chi connectivity index (χ4v) is 3.01. The zero-order valence-corrected chi connectivity index (χ0v) is 13.3. The summed E-state index contributed by atoms with van der Waals surface area (Å²) in [6, 6.07) is 4.78. The summed E-state index contributed by atoms with van der Waals surface area (Å²) in [5, 5.41) is 11.8. The van der Waals surface area contributed by atoms with Crippen molar-refractivity contribution in [2.24, 2.45) is 5.92 Å². The van der Waals surface area contributed by atoms with Crippen LogP contribution in [0.2, 0.25) is 0 Å². The third kappa shape index (κ3) is 2.92. The summed E-state index contributed by atoms with van der Waals surface area (Å²) in [4.78, 5) is 0. The molecule has 130 valence electrons. The zero-order chi connectivity index (χ0) is 17.6. The first-order chi connectivity index (χ1) is 11.9. The standard InChI is InChI=1S/C17H14F3N3O2/c1-9-5-6-13-12(7-9)14(23-25-13)16-22-21-15(24-16)10-3-2-4-11(8-10)17(18,19)20/h2-4,8-9H,5-7H2,1H3. The van der Waals surface area contributed by atoms with Crippen LogP contribution in [0, 0.1) is 5.92 Å². The van der Waals surface area contributed by atoms with E-state index >= 15 is 0 Å². The van der Waals surface area contributed by atoms with Gasteiger partial charge in [-0.3, -0.25) is 0 Å². The van der Waals surface area contributed by atoms with Crippen molar-refractivity contribution in [3.63, 3.8) is 0 Å². The van der Waals surface area contributed by atoms with Gasteiger partial charge in [-0.1, -0.05) is 18.1 Å². The number of alkyl halides is 3. The Hall–Kier alpha value is -2.64. The predicted molar refractivity (Wildman–Crippen MR) is 81.4 cm³/mol. The van der Waals surface area contributed by atoms with E-state index in [1.807, 2.05) is 0 Å². The maximum absolute atomic E-state index is 12.8. The molecule has 4 rings (SSSR count). The van der Waals surface area contributed by atoms with Crippen molar-refractivity contribution < 1.29 is 22.1 Å². The van der Waals surface area contributed by atoms with Crippen LogP contribution in [0.15, 0.2) is 33.2 Å². The Balaban J connectivity index is 1.69. The number of aryl methyl sites for hydroxylation is 1. The number of hydrogen-bond acceptors (Lipinski definition) is 5. The molecule has 0 radical (unpaired) electrons. The first kappa shape index (κ1) is 15.9. The number of halogens is 3. The largest absolute Gasteiger partial charge is 0.416 e. The summed E-state index contributed by atoms with van der Waals surface area (Å²) < 4.78 is 49.5. The van der Waals surface area contributed by atoms with E-state index in [-0.39, 0.29) is 17.3 Å². The molecule has 8 heteroatoms. The van der Waals surface area contributed by atoms with Gasteiger partial charge in [0.2, 0.25) is 5.89 Å². The molecule has 3 aromatic rings. The van der Waals surface area contributed by atoms with Gasteiger partial charge in [-0.05, 0) is 37.0 Å². The molecular formula is C17H14F3N3O2. The van der Waals surface area contributed by atoms with E-state index < -0.39 is 11.7 Å². The number of rotatable bonds is 2. The van der Waals surface area contributed by atoms with Gasteiger partial charge in [0.15, 0.2) is 5.69 Å². The first-order valence-corrected chi connectivity index (χ1v) is 7.91. The van der Waals surface area contributed by atoms with Crippen LogP contribution in [-0.2, 0) is 19.0 Å². The molecule has 1 atom stereocenters. The van der Waals surface area contributed by atoms with E-state index in [2.05, 4.69) is 22.3 Å². The minimum absolute atomic E-state index is 0.0155. The monoisotopic (exact) mass is 349 g/mol. The van der Waals surface area contributed by atoms with Crippen molar-refractivity contribution in [3.8, 4) is 23.0 Å². The number of fused-ring (bicyclic) bond motifs is 1. The molecule has 0 saturated heterocycles. The molecule has 0 saturated carbocycles. The van der Waals surface area contributed by atoms with E-state index in [0.29, 0.717) is 11.6 Å². The Morgan fingerprint density at radius 1 is 1.16 bits per heavy atom. The molecule has 2 heterocycles. The maximum Gasteiger partial charge on any atom is 0.416 e. The highest BCUT2D eigenvalue weighted by Crippen LogP contribution is 2.35.